The van der Waals surface area contributed by atoms with Crippen LogP contribution in [0, 0.1) is 17.5 Å². The van der Waals surface area contributed by atoms with E-state index in [9.17, 15) is 18.0 Å². The van der Waals surface area contributed by atoms with Crippen molar-refractivity contribution in [3.8, 4) is 0 Å². The molecule has 1 fully saturated rings. The third-order valence-electron chi connectivity index (χ3n) is 3.32. The number of carbonyl (C=O) groups is 1. The lowest BCUT2D eigenvalue weighted by molar-refractivity contribution is 0.0928. The van der Waals surface area contributed by atoms with E-state index in [-0.39, 0.29) is 6.04 Å². The van der Waals surface area contributed by atoms with Crippen molar-refractivity contribution in [3.63, 3.8) is 0 Å². The van der Waals surface area contributed by atoms with Gasteiger partial charge in [-0.3, -0.25) is 4.79 Å². The first-order chi connectivity index (χ1) is 9.02. The number of thioether (sulfide) groups is 1. The minimum atomic E-state index is -1.43. The van der Waals surface area contributed by atoms with Crippen molar-refractivity contribution in [3.05, 3.63) is 35.1 Å². The maximum absolute atomic E-state index is 13.4. The third-order valence-corrected chi connectivity index (χ3v) is 4.42. The maximum Gasteiger partial charge on any atom is 0.257 e. The van der Waals surface area contributed by atoms with Gasteiger partial charge < -0.3 is 5.32 Å². The Bertz CT molecular complexity index is 495. The zero-order chi connectivity index (χ0) is 14.0. The minimum absolute atomic E-state index is 0.105. The summed E-state index contributed by atoms with van der Waals surface area (Å²) < 4.78 is 39.9. The van der Waals surface area contributed by atoms with Gasteiger partial charge in [0.15, 0.2) is 11.6 Å². The topological polar surface area (TPSA) is 29.1 Å². The van der Waals surface area contributed by atoms with Crippen LogP contribution in [0.25, 0.3) is 0 Å². The average Bonchev–Trinajstić information content (AvgIpc) is 2.82. The van der Waals surface area contributed by atoms with Crippen molar-refractivity contribution >= 4 is 17.7 Å². The largest absolute Gasteiger partial charge is 0.349 e. The highest BCUT2D eigenvalue weighted by atomic mass is 32.2. The molecule has 2 rings (SSSR count). The molecule has 0 unspecified atom stereocenters. The molecule has 0 saturated heterocycles. The molecule has 2 atom stereocenters. The second-order valence-electron chi connectivity index (χ2n) is 4.56. The van der Waals surface area contributed by atoms with Crippen LogP contribution in [0.5, 0.6) is 0 Å². The van der Waals surface area contributed by atoms with E-state index < -0.39 is 28.9 Å². The van der Waals surface area contributed by atoms with Crippen LogP contribution in [0.3, 0.4) is 0 Å². The van der Waals surface area contributed by atoms with Crippen LogP contribution >= 0.6 is 11.8 Å². The molecule has 0 heterocycles. The normalized spacial score (nSPS) is 22.5. The Labute approximate surface area is 113 Å². The van der Waals surface area contributed by atoms with Gasteiger partial charge in [-0.15, -0.1) is 0 Å². The Hall–Kier alpha value is -1.17. The second-order valence-corrected chi connectivity index (χ2v) is 5.70. The van der Waals surface area contributed by atoms with E-state index in [2.05, 4.69) is 5.32 Å². The minimum Gasteiger partial charge on any atom is -0.349 e. The first-order valence-corrected chi connectivity index (χ1v) is 7.29. The van der Waals surface area contributed by atoms with Crippen LogP contribution in [-0.2, 0) is 0 Å². The van der Waals surface area contributed by atoms with E-state index in [4.69, 9.17) is 0 Å². The highest BCUT2D eigenvalue weighted by Crippen LogP contribution is 2.28. The van der Waals surface area contributed by atoms with E-state index in [1.807, 2.05) is 6.26 Å². The summed E-state index contributed by atoms with van der Waals surface area (Å²) in [4.78, 5) is 11.8. The lowest BCUT2D eigenvalue weighted by Crippen LogP contribution is -2.34. The molecule has 1 aliphatic carbocycles. The monoisotopic (exact) mass is 289 g/mol. The lowest BCUT2D eigenvalue weighted by Gasteiger charge is -2.13. The summed E-state index contributed by atoms with van der Waals surface area (Å²) in [5, 5.41) is 3.02. The molecule has 0 aromatic heterocycles. The van der Waals surface area contributed by atoms with Gasteiger partial charge in [0.05, 0.1) is 0 Å². The zero-order valence-corrected chi connectivity index (χ0v) is 11.2. The number of benzene rings is 1. The average molecular weight is 289 g/mol. The summed E-state index contributed by atoms with van der Waals surface area (Å²) >= 11 is 1.71. The van der Waals surface area contributed by atoms with Gasteiger partial charge in [-0.1, -0.05) is 0 Å². The molecule has 0 bridgehead atoms. The van der Waals surface area contributed by atoms with Gasteiger partial charge in [0, 0.05) is 11.3 Å². The smallest absolute Gasteiger partial charge is 0.257 e. The fraction of sp³-hybridized carbons (Fsp3) is 0.462. The van der Waals surface area contributed by atoms with Crippen LogP contribution < -0.4 is 5.32 Å². The molecule has 1 amide bonds. The predicted octanol–water partition coefficient (Wildman–Crippen LogP) is 3.12. The molecule has 0 radical (unpaired) electrons. The summed E-state index contributed by atoms with van der Waals surface area (Å²) in [6.07, 6.45) is 4.49. The lowest BCUT2D eigenvalue weighted by atomic mass is 10.1. The highest BCUT2D eigenvalue weighted by Gasteiger charge is 2.28. The Balaban J connectivity index is 2.11. The molecule has 1 N–H and O–H groups in total. The molecule has 104 valence electrons. The molecule has 1 aliphatic rings. The van der Waals surface area contributed by atoms with Crippen molar-refractivity contribution in [2.24, 2.45) is 0 Å². The molecule has 6 heteroatoms. The first kappa shape index (κ1) is 14.2. The van der Waals surface area contributed by atoms with Crippen LogP contribution in [0.15, 0.2) is 12.1 Å². The highest BCUT2D eigenvalue weighted by molar-refractivity contribution is 7.99. The van der Waals surface area contributed by atoms with Gasteiger partial charge >= 0.3 is 0 Å². The van der Waals surface area contributed by atoms with Gasteiger partial charge in [-0.05, 0) is 37.7 Å². The fourth-order valence-corrected chi connectivity index (χ4v) is 3.07. The van der Waals surface area contributed by atoms with Crippen LogP contribution in [-0.4, -0.2) is 23.5 Å². The molecule has 1 aromatic carbocycles. The van der Waals surface area contributed by atoms with E-state index in [0.717, 1.165) is 25.3 Å². The number of carbonyl (C=O) groups excluding carboxylic acids is 1. The SMILES string of the molecule is CS[C@@H]1CC[C@H](NC(=O)c2c(F)ccc(F)c2F)C1. The molecular formula is C13H14F3NOS. The van der Waals surface area contributed by atoms with Gasteiger partial charge in [-0.25, -0.2) is 13.2 Å². The molecule has 0 spiro atoms. The Morgan fingerprint density at radius 1 is 1.26 bits per heavy atom. The Morgan fingerprint density at radius 3 is 2.58 bits per heavy atom. The summed E-state index contributed by atoms with van der Waals surface area (Å²) in [5.74, 6) is -4.59. The van der Waals surface area contributed by atoms with Crippen molar-refractivity contribution < 1.29 is 18.0 Å². The number of hydrogen-bond acceptors (Lipinski definition) is 2. The summed E-state index contributed by atoms with van der Waals surface area (Å²) in [7, 11) is 0. The van der Waals surface area contributed by atoms with Gasteiger partial charge in [0.2, 0.25) is 0 Å². The number of hydrogen-bond donors (Lipinski definition) is 1. The van der Waals surface area contributed by atoms with E-state index in [1.165, 1.54) is 0 Å². The van der Waals surface area contributed by atoms with Crippen LogP contribution in [0.1, 0.15) is 29.6 Å². The number of amides is 1. The summed E-state index contributed by atoms with van der Waals surface area (Å²) in [5.41, 5.74) is -0.840. The van der Waals surface area contributed by atoms with E-state index >= 15 is 0 Å². The van der Waals surface area contributed by atoms with Gasteiger partial charge in [0.1, 0.15) is 11.4 Å². The number of rotatable bonds is 3. The fourth-order valence-electron chi connectivity index (χ4n) is 2.28. The Morgan fingerprint density at radius 2 is 1.95 bits per heavy atom. The first-order valence-electron chi connectivity index (χ1n) is 6.00. The van der Waals surface area contributed by atoms with E-state index in [0.29, 0.717) is 11.3 Å². The molecule has 0 aliphatic heterocycles. The Kier molecular flexibility index (Phi) is 4.39. The molecule has 19 heavy (non-hydrogen) atoms. The second kappa shape index (κ2) is 5.86. The number of nitrogens with one attached hydrogen (secondary N) is 1. The van der Waals surface area contributed by atoms with Crippen molar-refractivity contribution in [1.82, 2.24) is 5.32 Å². The summed E-state index contributed by atoms with van der Waals surface area (Å²) in [6, 6.07) is 1.32. The van der Waals surface area contributed by atoms with Crippen molar-refractivity contribution in [1.29, 1.82) is 0 Å². The molecule has 1 aromatic rings. The van der Waals surface area contributed by atoms with Crippen molar-refractivity contribution in [2.45, 2.75) is 30.6 Å². The van der Waals surface area contributed by atoms with Crippen LogP contribution in [0.4, 0.5) is 13.2 Å². The maximum atomic E-state index is 13.4. The van der Waals surface area contributed by atoms with E-state index in [1.54, 1.807) is 11.8 Å². The van der Waals surface area contributed by atoms with Crippen molar-refractivity contribution in [2.75, 3.05) is 6.26 Å². The number of halogens is 3. The quantitative estimate of drug-likeness (QED) is 0.866. The van der Waals surface area contributed by atoms with Gasteiger partial charge in [0.25, 0.3) is 5.91 Å². The molecular weight excluding hydrogens is 275 g/mol. The molecule has 1 saturated carbocycles. The molecule has 2 nitrogen and oxygen atoms in total. The standard InChI is InChI=1S/C13H14F3NOS/c1-19-8-3-2-7(6-8)17-13(18)11-9(14)4-5-10(15)12(11)16/h4-5,7-8H,2-3,6H2,1H3,(H,17,18)/t7-,8+/m0/s1. The zero-order valence-electron chi connectivity index (χ0n) is 10.4. The third kappa shape index (κ3) is 3.05. The van der Waals surface area contributed by atoms with Gasteiger partial charge in [-0.2, -0.15) is 11.8 Å². The van der Waals surface area contributed by atoms with Crippen LogP contribution in [0.2, 0.25) is 0 Å². The summed E-state index contributed by atoms with van der Waals surface area (Å²) in [6.45, 7) is 0. The predicted molar refractivity (Wildman–Crippen MR) is 68.7 cm³/mol.